The van der Waals surface area contributed by atoms with Crippen LogP contribution in [0.3, 0.4) is 0 Å². The van der Waals surface area contributed by atoms with Crippen LogP contribution in [0.2, 0.25) is 0 Å². The van der Waals surface area contributed by atoms with Gasteiger partial charge in [0.15, 0.2) is 11.5 Å². The largest absolute Gasteiger partial charge is 0.395 e. The van der Waals surface area contributed by atoms with Crippen LogP contribution in [0.4, 0.5) is 5.69 Å². The average molecular weight is 365 g/mol. The second-order valence-electron chi connectivity index (χ2n) is 6.43. The van der Waals surface area contributed by atoms with Crippen molar-refractivity contribution in [2.45, 2.75) is 18.9 Å². The molecule has 8 heteroatoms. The fourth-order valence-corrected chi connectivity index (χ4v) is 2.78. The van der Waals surface area contributed by atoms with E-state index in [9.17, 15) is 14.7 Å². The molecule has 2 aromatic rings. The zero-order valence-electron chi connectivity index (χ0n) is 15.0. The minimum absolute atomic E-state index is 0.0390. The summed E-state index contributed by atoms with van der Waals surface area (Å²) in [5, 5.41) is 10.4. The van der Waals surface area contributed by atoms with E-state index in [4.69, 9.17) is 11.5 Å². The molecular formula is C19H19N5O3. The smallest absolute Gasteiger partial charge is 0.269 e. The lowest BCUT2D eigenvalue weighted by atomic mass is 10.0. The van der Waals surface area contributed by atoms with Gasteiger partial charge in [-0.1, -0.05) is 24.0 Å². The summed E-state index contributed by atoms with van der Waals surface area (Å²) in [5.74, 6) is 4.64. The molecule has 1 fully saturated rings. The quantitative estimate of drug-likeness (QED) is 0.645. The SMILES string of the molecule is Cc1nc(-c2cccc(C#C[C@]3(O)CCN(C)C3=O)c2)nc(C(N)=O)c1N. The molecule has 0 bridgehead atoms. The number of hydrogen-bond acceptors (Lipinski definition) is 6. The second kappa shape index (κ2) is 6.70. The first-order chi connectivity index (χ1) is 12.7. The maximum atomic E-state index is 12.0. The average Bonchev–Trinajstić information content (AvgIpc) is 2.90. The van der Waals surface area contributed by atoms with Crippen LogP contribution >= 0.6 is 0 Å². The molecule has 1 atom stereocenters. The first-order valence-corrected chi connectivity index (χ1v) is 8.27. The topological polar surface area (TPSA) is 135 Å². The van der Waals surface area contributed by atoms with Gasteiger partial charge < -0.3 is 21.5 Å². The number of amides is 2. The fourth-order valence-electron chi connectivity index (χ4n) is 2.78. The number of hydrogen-bond donors (Lipinski definition) is 3. The van der Waals surface area contributed by atoms with E-state index in [-0.39, 0.29) is 23.6 Å². The van der Waals surface area contributed by atoms with Crippen LogP contribution in [0.1, 0.15) is 28.2 Å². The third-order valence-corrected chi connectivity index (χ3v) is 4.41. The Morgan fingerprint density at radius 2 is 2.11 bits per heavy atom. The van der Waals surface area contributed by atoms with Crippen LogP contribution in [0.25, 0.3) is 11.4 Å². The molecule has 0 spiro atoms. The highest BCUT2D eigenvalue weighted by Gasteiger charge is 2.42. The van der Waals surface area contributed by atoms with Gasteiger partial charge in [-0.05, 0) is 19.1 Å². The van der Waals surface area contributed by atoms with Crippen LogP contribution in [0.15, 0.2) is 24.3 Å². The van der Waals surface area contributed by atoms with Crippen molar-refractivity contribution in [2.75, 3.05) is 19.3 Å². The Morgan fingerprint density at radius 3 is 2.74 bits per heavy atom. The summed E-state index contributed by atoms with van der Waals surface area (Å²) >= 11 is 0. The number of nitrogens with zero attached hydrogens (tertiary/aromatic N) is 3. The Kier molecular flexibility index (Phi) is 4.56. The molecule has 3 rings (SSSR count). The molecular weight excluding hydrogens is 346 g/mol. The van der Waals surface area contributed by atoms with Gasteiger partial charge in [-0.3, -0.25) is 9.59 Å². The molecule has 1 aromatic heterocycles. The molecule has 1 aromatic carbocycles. The minimum atomic E-state index is -1.67. The highest BCUT2D eigenvalue weighted by atomic mass is 16.3. The fraction of sp³-hybridized carbons (Fsp3) is 0.263. The van der Waals surface area contributed by atoms with E-state index in [1.165, 1.54) is 4.90 Å². The summed E-state index contributed by atoms with van der Waals surface area (Å²) < 4.78 is 0. The molecule has 5 N–H and O–H groups in total. The van der Waals surface area contributed by atoms with Gasteiger partial charge in [-0.2, -0.15) is 0 Å². The first kappa shape index (κ1) is 18.4. The van der Waals surface area contributed by atoms with E-state index >= 15 is 0 Å². The molecule has 0 radical (unpaired) electrons. The zero-order valence-corrected chi connectivity index (χ0v) is 15.0. The molecule has 1 saturated heterocycles. The summed E-state index contributed by atoms with van der Waals surface area (Å²) in [6, 6.07) is 6.94. The Bertz CT molecular complexity index is 1010. The molecule has 8 nitrogen and oxygen atoms in total. The van der Waals surface area contributed by atoms with E-state index < -0.39 is 17.4 Å². The first-order valence-electron chi connectivity index (χ1n) is 8.27. The standard InChI is InChI=1S/C19H19N5O3/c1-11-14(20)15(16(21)25)23-17(22-11)13-5-3-4-12(10-13)6-7-19(27)8-9-24(2)18(19)26/h3-5,10,27H,8-9,20H2,1-2H3,(H2,21,25)/t19-/m0/s1. The van der Waals surface area contributed by atoms with E-state index in [1.807, 2.05) is 0 Å². The van der Waals surface area contributed by atoms with Crippen LogP contribution in [0.5, 0.6) is 0 Å². The number of carbonyl (C=O) groups is 2. The molecule has 0 aliphatic carbocycles. The van der Waals surface area contributed by atoms with Crippen LogP contribution in [0, 0.1) is 18.8 Å². The molecule has 138 valence electrons. The molecule has 0 unspecified atom stereocenters. The van der Waals surface area contributed by atoms with Gasteiger partial charge in [0.2, 0.25) is 5.60 Å². The monoisotopic (exact) mass is 365 g/mol. The van der Waals surface area contributed by atoms with Gasteiger partial charge in [0.1, 0.15) is 0 Å². The van der Waals surface area contributed by atoms with Gasteiger partial charge in [0.05, 0.1) is 11.4 Å². The third kappa shape index (κ3) is 3.45. The van der Waals surface area contributed by atoms with Gasteiger partial charge in [0.25, 0.3) is 11.8 Å². The Balaban J connectivity index is 1.98. The Labute approximate surface area is 156 Å². The summed E-state index contributed by atoms with van der Waals surface area (Å²) in [5.41, 5.74) is 11.2. The van der Waals surface area contributed by atoms with E-state index in [0.29, 0.717) is 23.4 Å². The number of aryl methyl sites for hydroxylation is 1. The minimum Gasteiger partial charge on any atom is -0.395 e. The number of likely N-dealkylation sites (N-methyl/N-ethyl adjacent to an activating group) is 1. The van der Waals surface area contributed by atoms with Gasteiger partial charge >= 0.3 is 0 Å². The van der Waals surface area contributed by atoms with E-state index in [0.717, 1.165) is 0 Å². The van der Waals surface area contributed by atoms with Crippen molar-refractivity contribution in [3.63, 3.8) is 0 Å². The molecule has 27 heavy (non-hydrogen) atoms. The number of rotatable bonds is 2. The van der Waals surface area contributed by atoms with Crippen LogP contribution < -0.4 is 11.5 Å². The number of nitrogens with two attached hydrogens (primary N) is 2. The maximum Gasteiger partial charge on any atom is 0.269 e. The molecule has 2 amide bonds. The number of carbonyl (C=O) groups excluding carboxylic acids is 2. The van der Waals surface area contributed by atoms with Crippen molar-refractivity contribution in [1.29, 1.82) is 0 Å². The summed E-state index contributed by atoms with van der Waals surface area (Å²) in [4.78, 5) is 33.4. The number of primary amides is 1. The van der Waals surface area contributed by atoms with E-state index in [2.05, 4.69) is 21.8 Å². The van der Waals surface area contributed by atoms with Crippen molar-refractivity contribution in [3.05, 3.63) is 41.2 Å². The van der Waals surface area contributed by atoms with Gasteiger partial charge in [-0.25, -0.2) is 9.97 Å². The predicted molar refractivity (Wildman–Crippen MR) is 99.2 cm³/mol. The lowest BCUT2D eigenvalue weighted by molar-refractivity contribution is -0.137. The van der Waals surface area contributed by atoms with Crippen LogP contribution in [-0.2, 0) is 4.79 Å². The number of aromatic nitrogens is 2. The Hall–Kier alpha value is -3.44. The number of benzene rings is 1. The van der Waals surface area contributed by atoms with Gasteiger partial charge in [-0.15, -0.1) is 0 Å². The highest BCUT2D eigenvalue weighted by molar-refractivity contribution is 5.96. The normalized spacial score (nSPS) is 18.9. The van der Waals surface area contributed by atoms with Crippen molar-refractivity contribution >= 4 is 17.5 Å². The van der Waals surface area contributed by atoms with Crippen LogP contribution in [-0.4, -0.2) is 51.0 Å². The molecule has 1 aliphatic rings. The number of likely N-dealkylation sites (tertiary alicyclic amines) is 1. The maximum absolute atomic E-state index is 12.0. The summed E-state index contributed by atoms with van der Waals surface area (Å²) in [7, 11) is 1.62. The zero-order chi connectivity index (χ0) is 19.8. The van der Waals surface area contributed by atoms with Crippen molar-refractivity contribution in [3.8, 4) is 23.2 Å². The molecule has 1 aliphatic heterocycles. The Morgan fingerprint density at radius 1 is 1.37 bits per heavy atom. The molecule has 0 saturated carbocycles. The van der Waals surface area contributed by atoms with Crippen molar-refractivity contribution < 1.29 is 14.7 Å². The second-order valence-corrected chi connectivity index (χ2v) is 6.43. The molecule has 2 heterocycles. The lowest BCUT2D eigenvalue weighted by Gasteiger charge is -2.13. The number of aliphatic hydroxyl groups is 1. The van der Waals surface area contributed by atoms with E-state index in [1.54, 1.807) is 38.2 Å². The predicted octanol–water partition coefficient (Wildman–Crippen LogP) is 0.0778. The summed E-state index contributed by atoms with van der Waals surface area (Å²) in [6.45, 7) is 2.12. The summed E-state index contributed by atoms with van der Waals surface area (Å²) in [6.07, 6.45) is 0.261. The third-order valence-electron chi connectivity index (χ3n) is 4.41. The van der Waals surface area contributed by atoms with Crippen molar-refractivity contribution in [2.24, 2.45) is 5.73 Å². The lowest BCUT2D eigenvalue weighted by Crippen LogP contribution is -2.37. The van der Waals surface area contributed by atoms with Gasteiger partial charge in [0, 0.05) is 31.1 Å². The van der Waals surface area contributed by atoms with Crippen molar-refractivity contribution in [1.82, 2.24) is 14.9 Å². The number of anilines is 1. The highest BCUT2D eigenvalue weighted by Crippen LogP contribution is 2.23. The number of nitrogen functional groups attached to an aromatic ring is 1.